The van der Waals surface area contributed by atoms with Crippen molar-refractivity contribution < 1.29 is 4.74 Å². The summed E-state index contributed by atoms with van der Waals surface area (Å²) in [6, 6.07) is 1.86. The van der Waals surface area contributed by atoms with Gasteiger partial charge in [-0.25, -0.2) is 4.98 Å². The zero-order chi connectivity index (χ0) is 14.3. The van der Waals surface area contributed by atoms with Crippen LogP contribution in [-0.4, -0.2) is 35.0 Å². The number of alkyl halides is 1. The highest BCUT2D eigenvalue weighted by molar-refractivity contribution is 6.18. The van der Waals surface area contributed by atoms with Gasteiger partial charge in [0.15, 0.2) is 0 Å². The fraction of sp³-hybridized carbons (Fsp3) is 0.714. The fourth-order valence-corrected chi connectivity index (χ4v) is 1.93. The molecule has 0 unspecified atom stereocenters. The summed E-state index contributed by atoms with van der Waals surface area (Å²) >= 11 is 5.86. The number of rotatable bonds is 8. The summed E-state index contributed by atoms with van der Waals surface area (Å²) in [7, 11) is 0. The molecule has 0 saturated carbocycles. The molecule has 0 aliphatic carbocycles. The molecule has 19 heavy (non-hydrogen) atoms. The first kappa shape index (κ1) is 16.0. The summed E-state index contributed by atoms with van der Waals surface area (Å²) in [4.78, 5) is 11.1. The van der Waals surface area contributed by atoms with E-state index in [2.05, 4.69) is 21.8 Å². The molecule has 0 fully saturated rings. The predicted molar refractivity (Wildman–Crippen MR) is 80.4 cm³/mol. The second-order valence-electron chi connectivity index (χ2n) is 4.84. The molecule has 5 heteroatoms. The van der Waals surface area contributed by atoms with Crippen LogP contribution in [0.1, 0.15) is 39.3 Å². The highest BCUT2D eigenvalue weighted by Crippen LogP contribution is 2.17. The van der Waals surface area contributed by atoms with Gasteiger partial charge in [0, 0.05) is 30.7 Å². The minimum absolute atomic E-state index is 0.110. The van der Waals surface area contributed by atoms with Crippen molar-refractivity contribution in [2.24, 2.45) is 0 Å². The Morgan fingerprint density at radius 1 is 1.32 bits per heavy atom. The predicted octanol–water partition coefficient (Wildman–Crippen LogP) is 3.42. The monoisotopic (exact) mass is 285 g/mol. The summed E-state index contributed by atoms with van der Waals surface area (Å²) in [6.07, 6.45) is 2.35. The van der Waals surface area contributed by atoms with Gasteiger partial charge in [0.05, 0.1) is 6.10 Å². The molecule has 0 aromatic carbocycles. The third-order valence-corrected chi connectivity index (χ3v) is 2.76. The summed E-state index contributed by atoms with van der Waals surface area (Å²) in [5.74, 6) is 1.92. The van der Waals surface area contributed by atoms with E-state index in [0.717, 1.165) is 31.6 Å². The number of ether oxygens (including phenoxy) is 1. The number of nitrogens with zero attached hydrogens (tertiary/aromatic N) is 3. The first-order valence-electron chi connectivity index (χ1n) is 6.90. The van der Waals surface area contributed by atoms with Gasteiger partial charge in [-0.05, 0) is 27.2 Å². The van der Waals surface area contributed by atoms with Gasteiger partial charge in [0.1, 0.15) is 0 Å². The zero-order valence-electron chi connectivity index (χ0n) is 12.3. The van der Waals surface area contributed by atoms with Crippen LogP contribution >= 0.6 is 11.6 Å². The SMILES string of the molecule is CCCCN(CCCl)c1nc(C)cc(OC(C)C)n1. The molecule has 0 amide bonds. The second-order valence-corrected chi connectivity index (χ2v) is 5.22. The largest absolute Gasteiger partial charge is 0.475 e. The lowest BCUT2D eigenvalue weighted by molar-refractivity contribution is 0.232. The lowest BCUT2D eigenvalue weighted by Gasteiger charge is -2.22. The van der Waals surface area contributed by atoms with Crippen molar-refractivity contribution in [3.63, 3.8) is 0 Å². The lowest BCUT2D eigenvalue weighted by atomic mass is 10.3. The highest BCUT2D eigenvalue weighted by Gasteiger charge is 2.12. The molecule has 1 aromatic heterocycles. The normalized spacial score (nSPS) is 10.8. The molecular weight excluding hydrogens is 262 g/mol. The van der Waals surface area contributed by atoms with Gasteiger partial charge in [0.25, 0.3) is 0 Å². The maximum absolute atomic E-state index is 5.86. The van der Waals surface area contributed by atoms with Crippen molar-refractivity contribution in [1.29, 1.82) is 0 Å². The van der Waals surface area contributed by atoms with Crippen molar-refractivity contribution >= 4 is 17.5 Å². The smallest absolute Gasteiger partial charge is 0.228 e. The van der Waals surface area contributed by atoms with E-state index in [9.17, 15) is 0 Å². The van der Waals surface area contributed by atoms with Gasteiger partial charge < -0.3 is 9.64 Å². The number of hydrogen-bond donors (Lipinski definition) is 0. The van der Waals surface area contributed by atoms with E-state index in [1.165, 1.54) is 0 Å². The number of anilines is 1. The molecule has 0 aliphatic heterocycles. The van der Waals surface area contributed by atoms with E-state index < -0.39 is 0 Å². The van der Waals surface area contributed by atoms with Gasteiger partial charge in [-0.1, -0.05) is 13.3 Å². The first-order chi connectivity index (χ1) is 9.06. The lowest BCUT2D eigenvalue weighted by Crippen LogP contribution is -2.29. The third-order valence-electron chi connectivity index (χ3n) is 2.59. The number of hydrogen-bond acceptors (Lipinski definition) is 4. The minimum Gasteiger partial charge on any atom is -0.475 e. The molecule has 1 aromatic rings. The Kier molecular flexibility index (Phi) is 6.92. The molecular formula is C14H24ClN3O. The molecule has 0 radical (unpaired) electrons. The highest BCUT2D eigenvalue weighted by atomic mass is 35.5. The summed E-state index contributed by atoms with van der Waals surface area (Å²) < 4.78 is 5.66. The van der Waals surface area contributed by atoms with E-state index in [-0.39, 0.29) is 6.10 Å². The topological polar surface area (TPSA) is 38.2 Å². The summed E-state index contributed by atoms with van der Waals surface area (Å²) in [5.41, 5.74) is 0.914. The maximum Gasteiger partial charge on any atom is 0.228 e. The Morgan fingerprint density at radius 2 is 2.05 bits per heavy atom. The van der Waals surface area contributed by atoms with Gasteiger partial charge >= 0.3 is 0 Å². The standard InChI is InChI=1S/C14H24ClN3O/c1-5-6-8-18(9-7-15)14-16-12(4)10-13(17-14)19-11(2)3/h10-11H,5-9H2,1-4H3. The Balaban J connectivity index is 2.90. The van der Waals surface area contributed by atoms with E-state index in [0.29, 0.717) is 17.7 Å². The molecule has 1 rings (SSSR count). The number of unbranched alkanes of at least 4 members (excludes halogenated alkanes) is 1. The molecule has 0 bridgehead atoms. The zero-order valence-corrected chi connectivity index (χ0v) is 13.1. The first-order valence-corrected chi connectivity index (χ1v) is 7.43. The fourth-order valence-electron chi connectivity index (χ4n) is 1.73. The van der Waals surface area contributed by atoms with Crippen LogP contribution in [0, 0.1) is 6.92 Å². The number of aryl methyl sites for hydroxylation is 1. The maximum atomic E-state index is 5.86. The quantitative estimate of drug-likeness (QED) is 0.686. The molecule has 0 N–H and O–H groups in total. The molecule has 0 aliphatic rings. The van der Waals surface area contributed by atoms with Gasteiger partial charge in [0.2, 0.25) is 11.8 Å². The van der Waals surface area contributed by atoms with Gasteiger partial charge in [-0.3, -0.25) is 0 Å². The van der Waals surface area contributed by atoms with Crippen LogP contribution in [0.3, 0.4) is 0 Å². The Morgan fingerprint density at radius 3 is 2.63 bits per heavy atom. The summed E-state index contributed by atoms with van der Waals surface area (Å²) in [5, 5.41) is 0. The molecule has 1 heterocycles. The van der Waals surface area contributed by atoms with Crippen molar-refractivity contribution in [3.05, 3.63) is 11.8 Å². The van der Waals surface area contributed by atoms with Crippen LogP contribution in [0.25, 0.3) is 0 Å². The van der Waals surface area contributed by atoms with Crippen molar-refractivity contribution in [2.75, 3.05) is 23.9 Å². The Bertz CT molecular complexity index is 385. The van der Waals surface area contributed by atoms with Crippen LogP contribution in [0.5, 0.6) is 5.88 Å². The van der Waals surface area contributed by atoms with Gasteiger partial charge in [-0.15, -0.1) is 11.6 Å². The number of halogens is 1. The average Bonchev–Trinajstić information content (AvgIpc) is 2.32. The van der Waals surface area contributed by atoms with E-state index in [4.69, 9.17) is 16.3 Å². The van der Waals surface area contributed by atoms with Crippen molar-refractivity contribution in [1.82, 2.24) is 9.97 Å². The molecule has 108 valence electrons. The van der Waals surface area contributed by atoms with Crippen molar-refractivity contribution in [3.8, 4) is 5.88 Å². The van der Waals surface area contributed by atoms with E-state index >= 15 is 0 Å². The molecule has 0 atom stereocenters. The molecule has 0 spiro atoms. The van der Waals surface area contributed by atoms with Crippen LogP contribution in [0.15, 0.2) is 6.07 Å². The molecule has 4 nitrogen and oxygen atoms in total. The third kappa shape index (κ3) is 5.64. The molecule has 0 saturated heterocycles. The van der Waals surface area contributed by atoms with Crippen LogP contribution < -0.4 is 9.64 Å². The van der Waals surface area contributed by atoms with Crippen LogP contribution in [-0.2, 0) is 0 Å². The van der Waals surface area contributed by atoms with Gasteiger partial charge in [-0.2, -0.15) is 4.98 Å². The summed E-state index contributed by atoms with van der Waals surface area (Å²) in [6.45, 7) is 9.79. The number of aromatic nitrogens is 2. The van der Waals surface area contributed by atoms with Crippen LogP contribution in [0.2, 0.25) is 0 Å². The Labute approximate surface area is 121 Å². The minimum atomic E-state index is 0.110. The second kappa shape index (κ2) is 8.20. The Hall–Kier alpha value is -1.03. The van der Waals surface area contributed by atoms with Crippen molar-refractivity contribution in [2.45, 2.75) is 46.6 Å². The van der Waals surface area contributed by atoms with Crippen LogP contribution in [0.4, 0.5) is 5.95 Å². The van der Waals surface area contributed by atoms with E-state index in [1.54, 1.807) is 0 Å². The average molecular weight is 286 g/mol. The van der Waals surface area contributed by atoms with E-state index in [1.807, 2.05) is 26.8 Å².